The molecule has 3 atom stereocenters. The molecule has 1 fully saturated rings. The minimum Gasteiger partial charge on any atom is -0.414 e. The maximum atomic E-state index is 13.0. The van der Waals surface area contributed by atoms with Crippen LogP contribution in [-0.2, 0) is 18.4 Å². The average Bonchev–Trinajstić information content (AvgIpc) is 2.46. The molecule has 1 saturated heterocycles. The van der Waals surface area contributed by atoms with Gasteiger partial charge in [0.05, 0.1) is 6.61 Å². The Kier molecular flexibility index (Phi) is 8.46. The number of ketones is 1. The highest BCUT2D eigenvalue weighted by atomic mass is 32.2. The van der Waals surface area contributed by atoms with Gasteiger partial charge in [0.2, 0.25) is 0 Å². The standard InChI is InChI=1S/C20H42O4SSi2/c1-12-25-17-13-15(21)18(24-27(10,11)20(5,6)7)16(23-17)14-22-26(8,9)19(2,3)4/h16-18H,12-14H2,1-11H3/t16-,17-,18+/m1/s1. The van der Waals surface area contributed by atoms with Gasteiger partial charge >= 0.3 is 0 Å². The molecule has 0 unspecified atom stereocenters. The minimum atomic E-state index is -2.08. The number of Topliss-reactive ketones (excluding diaryl/α,β-unsaturated/α-hetero) is 1. The van der Waals surface area contributed by atoms with E-state index in [-0.39, 0.29) is 27.4 Å². The minimum absolute atomic E-state index is 0.0487. The topological polar surface area (TPSA) is 44.8 Å². The highest BCUT2D eigenvalue weighted by molar-refractivity contribution is 7.99. The van der Waals surface area contributed by atoms with Gasteiger partial charge in [0.1, 0.15) is 17.6 Å². The van der Waals surface area contributed by atoms with E-state index in [1.54, 1.807) is 11.8 Å². The third kappa shape index (κ3) is 6.67. The SMILES string of the molecule is CCS[C@@H]1CC(=O)[C@H](O[Si](C)(C)C(C)(C)C)[C@@H](CO[Si](C)(C)C(C)(C)C)O1. The maximum Gasteiger partial charge on any atom is 0.193 e. The lowest BCUT2D eigenvalue weighted by Crippen LogP contribution is -2.56. The van der Waals surface area contributed by atoms with Crippen LogP contribution < -0.4 is 0 Å². The lowest BCUT2D eigenvalue weighted by molar-refractivity contribution is -0.151. The Morgan fingerprint density at radius 1 is 1.04 bits per heavy atom. The second kappa shape index (κ2) is 9.00. The van der Waals surface area contributed by atoms with Gasteiger partial charge < -0.3 is 13.6 Å². The number of carbonyl (C=O) groups is 1. The number of ether oxygens (including phenoxy) is 1. The highest BCUT2D eigenvalue weighted by Gasteiger charge is 2.47. The van der Waals surface area contributed by atoms with Gasteiger partial charge in [0.15, 0.2) is 22.4 Å². The van der Waals surface area contributed by atoms with Crippen LogP contribution in [0.4, 0.5) is 0 Å². The molecule has 0 saturated carbocycles. The van der Waals surface area contributed by atoms with E-state index in [0.717, 1.165) is 5.75 Å². The molecule has 1 rings (SSSR count). The number of rotatable bonds is 7. The fourth-order valence-corrected chi connectivity index (χ4v) is 5.52. The van der Waals surface area contributed by atoms with Crippen molar-refractivity contribution in [2.45, 2.75) is 109 Å². The zero-order chi connectivity index (χ0) is 21.3. The fourth-order valence-electron chi connectivity index (χ4n) is 2.36. The van der Waals surface area contributed by atoms with Gasteiger partial charge in [-0.25, -0.2) is 0 Å². The van der Waals surface area contributed by atoms with Crippen molar-refractivity contribution in [3.63, 3.8) is 0 Å². The van der Waals surface area contributed by atoms with E-state index in [1.807, 2.05) is 0 Å². The molecule has 1 aliphatic rings. The van der Waals surface area contributed by atoms with Crippen molar-refractivity contribution in [3.8, 4) is 0 Å². The van der Waals surface area contributed by atoms with Crippen LogP contribution in [0.15, 0.2) is 0 Å². The Morgan fingerprint density at radius 3 is 2.00 bits per heavy atom. The van der Waals surface area contributed by atoms with Crippen LogP contribution in [0, 0.1) is 0 Å². The fraction of sp³-hybridized carbons (Fsp3) is 0.950. The van der Waals surface area contributed by atoms with E-state index < -0.39 is 22.7 Å². The molecule has 0 aromatic carbocycles. The van der Waals surface area contributed by atoms with E-state index in [1.165, 1.54) is 0 Å². The summed E-state index contributed by atoms with van der Waals surface area (Å²) < 4.78 is 19.3. The molecule has 0 spiro atoms. The van der Waals surface area contributed by atoms with Crippen LogP contribution in [0.5, 0.6) is 0 Å². The molecule has 0 bridgehead atoms. The van der Waals surface area contributed by atoms with Crippen LogP contribution in [-0.4, -0.2) is 52.4 Å². The number of carbonyl (C=O) groups excluding carboxylic acids is 1. The van der Waals surface area contributed by atoms with Crippen molar-refractivity contribution >= 4 is 34.2 Å². The van der Waals surface area contributed by atoms with Gasteiger partial charge in [-0.3, -0.25) is 4.79 Å². The molecule has 1 heterocycles. The van der Waals surface area contributed by atoms with Crippen LogP contribution in [0.25, 0.3) is 0 Å². The van der Waals surface area contributed by atoms with Crippen molar-refractivity contribution in [2.75, 3.05) is 12.4 Å². The van der Waals surface area contributed by atoms with E-state index in [0.29, 0.717) is 13.0 Å². The van der Waals surface area contributed by atoms with Crippen molar-refractivity contribution in [2.24, 2.45) is 0 Å². The molecular weight excluding hydrogens is 392 g/mol. The van der Waals surface area contributed by atoms with Gasteiger partial charge in [0.25, 0.3) is 0 Å². The van der Waals surface area contributed by atoms with Crippen LogP contribution in [0.3, 0.4) is 0 Å². The van der Waals surface area contributed by atoms with Crippen LogP contribution in [0.2, 0.25) is 36.3 Å². The van der Waals surface area contributed by atoms with Crippen LogP contribution in [0.1, 0.15) is 54.9 Å². The molecule has 0 aliphatic carbocycles. The zero-order valence-corrected chi connectivity index (χ0v) is 22.2. The summed E-state index contributed by atoms with van der Waals surface area (Å²) >= 11 is 1.69. The maximum absolute atomic E-state index is 13.0. The zero-order valence-electron chi connectivity index (χ0n) is 19.4. The smallest absolute Gasteiger partial charge is 0.193 e. The molecule has 4 nitrogen and oxygen atoms in total. The molecule has 0 aromatic rings. The lowest BCUT2D eigenvalue weighted by atomic mass is 10.1. The van der Waals surface area contributed by atoms with Crippen molar-refractivity contribution in [1.29, 1.82) is 0 Å². The summed E-state index contributed by atoms with van der Waals surface area (Å²) in [5, 5.41) is 0.173. The number of hydrogen-bond acceptors (Lipinski definition) is 5. The molecular formula is C20H42O4SSi2. The molecule has 0 N–H and O–H groups in total. The van der Waals surface area contributed by atoms with Crippen molar-refractivity contribution in [3.05, 3.63) is 0 Å². The monoisotopic (exact) mass is 434 g/mol. The third-order valence-electron chi connectivity index (χ3n) is 6.34. The predicted octanol–water partition coefficient (Wildman–Crippen LogP) is 5.84. The first-order chi connectivity index (χ1) is 12.0. The van der Waals surface area contributed by atoms with Gasteiger partial charge in [-0.1, -0.05) is 48.5 Å². The molecule has 7 heteroatoms. The van der Waals surface area contributed by atoms with Gasteiger partial charge in [0, 0.05) is 6.42 Å². The van der Waals surface area contributed by atoms with E-state index in [2.05, 4.69) is 74.7 Å². The molecule has 0 aromatic heterocycles. The molecule has 0 radical (unpaired) electrons. The second-order valence-corrected chi connectivity index (χ2v) is 21.6. The summed E-state index contributed by atoms with van der Waals surface area (Å²) in [7, 11) is -4.00. The number of hydrogen-bond donors (Lipinski definition) is 0. The summed E-state index contributed by atoms with van der Waals surface area (Å²) in [5.41, 5.74) is -0.0882. The first-order valence-corrected chi connectivity index (χ1v) is 17.0. The Morgan fingerprint density at radius 2 is 1.56 bits per heavy atom. The quantitative estimate of drug-likeness (QED) is 0.471. The Labute approximate surface area is 173 Å². The summed E-state index contributed by atoms with van der Waals surface area (Å²) in [4.78, 5) is 13.0. The summed E-state index contributed by atoms with van der Waals surface area (Å²) in [6, 6.07) is 0. The Hall–Kier alpha value is 0.334. The van der Waals surface area contributed by atoms with Gasteiger partial charge in [-0.05, 0) is 42.0 Å². The van der Waals surface area contributed by atoms with E-state index >= 15 is 0 Å². The van der Waals surface area contributed by atoms with Gasteiger partial charge in [-0.2, -0.15) is 0 Å². The normalized spacial score (nSPS) is 25.7. The molecule has 160 valence electrons. The summed E-state index contributed by atoms with van der Waals surface area (Å²) in [5.74, 6) is 1.10. The first-order valence-electron chi connectivity index (χ1n) is 10.1. The predicted molar refractivity (Wildman–Crippen MR) is 122 cm³/mol. The largest absolute Gasteiger partial charge is 0.414 e. The second-order valence-electron chi connectivity index (χ2n) is 10.6. The number of thioether (sulfide) groups is 1. The molecule has 27 heavy (non-hydrogen) atoms. The van der Waals surface area contributed by atoms with Crippen LogP contribution >= 0.6 is 11.8 Å². The lowest BCUT2D eigenvalue weighted by Gasteiger charge is -2.44. The Bertz CT molecular complexity index is 509. The summed E-state index contributed by atoms with van der Waals surface area (Å²) in [6.07, 6.45) is -0.406. The molecule has 0 amide bonds. The van der Waals surface area contributed by atoms with Crippen molar-refractivity contribution in [1.82, 2.24) is 0 Å². The van der Waals surface area contributed by atoms with E-state index in [9.17, 15) is 4.79 Å². The molecule has 1 aliphatic heterocycles. The first kappa shape index (κ1) is 25.4. The average molecular weight is 435 g/mol. The van der Waals surface area contributed by atoms with Gasteiger partial charge in [-0.15, -0.1) is 11.8 Å². The third-order valence-corrected chi connectivity index (χ3v) is 16.3. The van der Waals surface area contributed by atoms with Crippen molar-refractivity contribution < 1.29 is 18.4 Å². The summed E-state index contributed by atoms with van der Waals surface area (Å²) in [6.45, 7) is 24.7. The Balaban J connectivity index is 3.01. The van der Waals surface area contributed by atoms with E-state index in [4.69, 9.17) is 13.6 Å². The highest BCUT2D eigenvalue weighted by Crippen LogP contribution is 2.40.